The number of rotatable bonds is 6. The highest BCUT2D eigenvalue weighted by molar-refractivity contribution is 5.80. The Kier molecular flexibility index (Phi) is 5.96. The van der Waals surface area contributed by atoms with Crippen LogP contribution in [0.25, 0.3) is 0 Å². The predicted molar refractivity (Wildman–Crippen MR) is 98.3 cm³/mol. The molecule has 1 saturated heterocycles. The van der Waals surface area contributed by atoms with Crippen molar-refractivity contribution in [2.24, 2.45) is 5.92 Å². The lowest BCUT2D eigenvalue weighted by atomic mass is 9.92. The standard InChI is InChI=1S/C20H25FN4O/c1-3-14(2)25(13-15-7-9-22-10-8-15)20(26)18-12-23-24-19(18)16-5-4-6-17(21)11-16/h4-11,14,18-19,23-24H,3,12-13H2,1-2H3. The summed E-state index contributed by atoms with van der Waals surface area (Å²) in [4.78, 5) is 19.3. The van der Waals surface area contributed by atoms with E-state index in [1.165, 1.54) is 12.1 Å². The van der Waals surface area contributed by atoms with Crippen LogP contribution < -0.4 is 10.9 Å². The summed E-state index contributed by atoms with van der Waals surface area (Å²) in [7, 11) is 0. The maximum absolute atomic E-state index is 13.6. The molecule has 1 aromatic heterocycles. The van der Waals surface area contributed by atoms with Crippen molar-refractivity contribution in [2.45, 2.75) is 38.9 Å². The third kappa shape index (κ3) is 4.08. The van der Waals surface area contributed by atoms with Crippen molar-refractivity contribution in [3.05, 3.63) is 65.7 Å². The Hall–Kier alpha value is -2.31. The molecule has 1 aliphatic rings. The fourth-order valence-corrected chi connectivity index (χ4v) is 3.31. The largest absolute Gasteiger partial charge is 0.335 e. The first-order valence-corrected chi connectivity index (χ1v) is 9.03. The number of amides is 1. The first-order chi connectivity index (χ1) is 12.6. The Morgan fingerprint density at radius 1 is 1.35 bits per heavy atom. The van der Waals surface area contributed by atoms with Gasteiger partial charge < -0.3 is 4.90 Å². The van der Waals surface area contributed by atoms with Gasteiger partial charge in [-0.1, -0.05) is 19.1 Å². The fraction of sp³-hybridized carbons (Fsp3) is 0.400. The highest BCUT2D eigenvalue weighted by Gasteiger charge is 2.37. The van der Waals surface area contributed by atoms with Crippen molar-refractivity contribution in [3.63, 3.8) is 0 Å². The summed E-state index contributed by atoms with van der Waals surface area (Å²) in [6, 6.07) is 10.2. The minimum absolute atomic E-state index is 0.0722. The van der Waals surface area contributed by atoms with E-state index < -0.39 is 0 Å². The molecule has 1 aromatic carbocycles. The van der Waals surface area contributed by atoms with E-state index in [4.69, 9.17) is 0 Å². The molecule has 1 fully saturated rings. The van der Waals surface area contributed by atoms with Crippen molar-refractivity contribution in [1.29, 1.82) is 0 Å². The van der Waals surface area contributed by atoms with E-state index in [0.29, 0.717) is 13.1 Å². The van der Waals surface area contributed by atoms with E-state index in [0.717, 1.165) is 17.5 Å². The smallest absolute Gasteiger partial charge is 0.229 e. The number of carbonyl (C=O) groups excluding carboxylic acids is 1. The third-order valence-electron chi connectivity index (χ3n) is 5.02. The second kappa shape index (κ2) is 8.38. The van der Waals surface area contributed by atoms with Gasteiger partial charge in [0.2, 0.25) is 5.91 Å². The zero-order valence-corrected chi connectivity index (χ0v) is 15.2. The molecular formula is C20H25FN4O. The van der Waals surface area contributed by atoms with Crippen LogP contribution in [0.2, 0.25) is 0 Å². The number of hydrogen-bond donors (Lipinski definition) is 2. The fourth-order valence-electron chi connectivity index (χ4n) is 3.31. The zero-order chi connectivity index (χ0) is 18.5. The van der Waals surface area contributed by atoms with Crippen molar-refractivity contribution < 1.29 is 9.18 Å². The number of carbonyl (C=O) groups is 1. The van der Waals surface area contributed by atoms with Crippen LogP contribution in [0.5, 0.6) is 0 Å². The monoisotopic (exact) mass is 356 g/mol. The molecule has 0 saturated carbocycles. The van der Waals surface area contributed by atoms with Crippen LogP contribution in [0.15, 0.2) is 48.8 Å². The van der Waals surface area contributed by atoms with Gasteiger partial charge in [0.25, 0.3) is 0 Å². The maximum Gasteiger partial charge on any atom is 0.229 e. The van der Waals surface area contributed by atoms with Gasteiger partial charge in [-0.15, -0.1) is 0 Å². The Morgan fingerprint density at radius 2 is 2.12 bits per heavy atom. The average Bonchev–Trinajstić information content (AvgIpc) is 3.15. The number of halogens is 1. The Labute approximate surface area is 153 Å². The highest BCUT2D eigenvalue weighted by Crippen LogP contribution is 2.28. The molecule has 1 aliphatic heterocycles. The Morgan fingerprint density at radius 3 is 2.81 bits per heavy atom. The van der Waals surface area contributed by atoms with Gasteiger partial charge in [-0.2, -0.15) is 0 Å². The first-order valence-electron chi connectivity index (χ1n) is 9.03. The van der Waals surface area contributed by atoms with Crippen molar-refractivity contribution in [1.82, 2.24) is 20.7 Å². The average molecular weight is 356 g/mol. The molecule has 0 spiro atoms. The first kappa shape index (κ1) is 18.5. The molecule has 2 N–H and O–H groups in total. The minimum atomic E-state index is -0.294. The van der Waals surface area contributed by atoms with E-state index in [9.17, 15) is 9.18 Å². The summed E-state index contributed by atoms with van der Waals surface area (Å²) in [6.07, 6.45) is 4.35. The molecule has 0 bridgehead atoms. The molecule has 3 atom stereocenters. The lowest BCUT2D eigenvalue weighted by Gasteiger charge is -2.32. The number of nitrogens with one attached hydrogen (secondary N) is 2. The summed E-state index contributed by atoms with van der Waals surface area (Å²) in [5, 5.41) is 0. The normalized spacial score (nSPS) is 20.7. The van der Waals surface area contributed by atoms with Crippen LogP contribution in [0, 0.1) is 11.7 Å². The van der Waals surface area contributed by atoms with Gasteiger partial charge >= 0.3 is 0 Å². The molecule has 0 aliphatic carbocycles. The second-order valence-corrected chi connectivity index (χ2v) is 6.74. The summed E-state index contributed by atoms with van der Waals surface area (Å²) >= 11 is 0. The van der Waals surface area contributed by atoms with Crippen LogP contribution in [0.3, 0.4) is 0 Å². The number of hydrazine groups is 1. The highest BCUT2D eigenvalue weighted by atomic mass is 19.1. The molecule has 0 radical (unpaired) electrons. The maximum atomic E-state index is 13.6. The zero-order valence-electron chi connectivity index (χ0n) is 15.2. The van der Waals surface area contributed by atoms with Crippen molar-refractivity contribution in [3.8, 4) is 0 Å². The van der Waals surface area contributed by atoms with Crippen LogP contribution in [0.1, 0.15) is 37.4 Å². The molecular weight excluding hydrogens is 331 g/mol. The molecule has 2 aromatic rings. The molecule has 3 unspecified atom stereocenters. The van der Waals surface area contributed by atoms with Gasteiger partial charge in [0, 0.05) is 31.5 Å². The number of hydrogen-bond acceptors (Lipinski definition) is 4. The summed E-state index contributed by atoms with van der Waals surface area (Å²) in [5.74, 6) is -0.506. The number of nitrogens with zero attached hydrogens (tertiary/aromatic N) is 2. The van der Waals surface area contributed by atoms with Crippen molar-refractivity contribution in [2.75, 3.05) is 6.54 Å². The van der Waals surface area contributed by atoms with Crippen LogP contribution in [-0.4, -0.2) is 28.4 Å². The third-order valence-corrected chi connectivity index (χ3v) is 5.02. The summed E-state index contributed by atoms with van der Waals surface area (Å²) < 4.78 is 13.6. The minimum Gasteiger partial charge on any atom is -0.335 e. The Bertz CT molecular complexity index is 740. The van der Waals surface area contributed by atoms with Gasteiger partial charge in [-0.3, -0.25) is 15.2 Å². The predicted octanol–water partition coefficient (Wildman–Crippen LogP) is 2.81. The number of pyridine rings is 1. The summed E-state index contributed by atoms with van der Waals surface area (Å²) in [6.45, 7) is 5.20. The van der Waals surface area contributed by atoms with Gasteiger partial charge in [0.15, 0.2) is 0 Å². The molecule has 138 valence electrons. The SMILES string of the molecule is CCC(C)N(Cc1ccncc1)C(=O)C1CNNC1c1cccc(F)c1. The summed E-state index contributed by atoms with van der Waals surface area (Å²) in [5.41, 5.74) is 8.03. The Balaban J connectivity index is 1.83. The van der Waals surface area contributed by atoms with Crippen molar-refractivity contribution >= 4 is 5.91 Å². The van der Waals surface area contributed by atoms with Gasteiger partial charge in [-0.25, -0.2) is 9.82 Å². The lowest BCUT2D eigenvalue weighted by Crippen LogP contribution is -2.43. The molecule has 2 heterocycles. The van der Waals surface area contributed by atoms with Gasteiger partial charge in [0.1, 0.15) is 5.82 Å². The lowest BCUT2D eigenvalue weighted by molar-refractivity contribution is -0.138. The van der Waals surface area contributed by atoms with Crippen LogP contribution >= 0.6 is 0 Å². The van der Waals surface area contributed by atoms with Gasteiger partial charge in [0.05, 0.1) is 12.0 Å². The molecule has 26 heavy (non-hydrogen) atoms. The van der Waals surface area contributed by atoms with Gasteiger partial charge in [-0.05, 0) is 48.7 Å². The van der Waals surface area contributed by atoms with E-state index in [-0.39, 0.29) is 29.7 Å². The quantitative estimate of drug-likeness (QED) is 0.836. The number of aromatic nitrogens is 1. The van der Waals surface area contributed by atoms with E-state index >= 15 is 0 Å². The molecule has 1 amide bonds. The molecule has 3 rings (SSSR count). The van der Waals surface area contributed by atoms with E-state index in [2.05, 4.69) is 29.7 Å². The van der Waals surface area contributed by atoms with Crippen LogP contribution in [0.4, 0.5) is 4.39 Å². The van der Waals surface area contributed by atoms with E-state index in [1.54, 1.807) is 18.5 Å². The second-order valence-electron chi connectivity index (χ2n) is 6.74. The topological polar surface area (TPSA) is 57.3 Å². The van der Waals surface area contributed by atoms with Crippen LogP contribution in [-0.2, 0) is 11.3 Å². The molecule has 6 heteroatoms. The molecule has 5 nitrogen and oxygen atoms in total. The number of benzene rings is 1. The van der Waals surface area contributed by atoms with E-state index in [1.807, 2.05) is 23.1 Å².